The predicted molar refractivity (Wildman–Crippen MR) is 96.9 cm³/mol. The first-order valence-corrected chi connectivity index (χ1v) is 8.19. The molecule has 0 spiro atoms. The molecule has 3 heterocycles. The zero-order valence-electron chi connectivity index (χ0n) is 13.9. The Morgan fingerprint density at radius 3 is 3.04 bits per heavy atom. The van der Waals surface area contributed by atoms with Gasteiger partial charge in [-0.2, -0.15) is 0 Å². The molecule has 1 aliphatic heterocycles. The van der Waals surface area contributed by atoms with E-state index < -0.39 is 0 Å². The van der Waals surface area contributed by atoms with Crippen molar-refractivity contribution >= 4 is 28.8 Å². The summed E-state index contributed by atoms with van der Waals surface area (Å²) in [4.78, 5) is 16.2. The minimum atomic E-state index is 0.167. The van der Waals surface area contributed by atoms with Gasteiger partial charge in [-0.1, -0.05) is 0 Å². The fraction of sp³-hybridized carbons (Fsp3) is 0.278. The van der Waals surface area contributed by atoms with Crippen LogP contribution in [-0.2, 0) is 13.0 Å². The van der Waals surface area contributed by atoms with Crippen molar-refractivity contribution in [2.75, 3.05) is 19.0 Å². The van der Waals surface area contributed by atoms with Gasteiger partial charge in [-0.25, -0.2) is 9.97 Å². The van der Waals surface area contributed by atoms with Gasteiger partial charge in [-0.15, -0.1) is 0 Å². The number of aliphatic hydroxyl groups excluding tert-OH is 1. The number of H-pyrrole nitrogens is 1. The van der Waals surface area contributed by atoms with E-state index in [4.69, 9.17) is 9.84 Å². The zero-order chi connectivity index (χ0) is 17.2. The first-order chi connectivity index (χ1) is 12.3. The molecule has 0 amide bonds. The van der Waals surface area contributed by atoms with Gasteiger partial charge in [0.25, 0.3) is 0 Å². The summed E-state index contributed by atoms with van der Waals surface area (Å²) < 4.78 is 5.52. The Labute approximate surface area is 144 Å². The molecular formula is C18H19N5O2. The van der Waals surface area contributed by atoms with E-state index in [0.29, 0.717) is 18.8 Å². The van der Waals surface area contributed by atoms with Crippen molar-refractivity contribution in [1.82, 2.24) is 15.0 Å². The SMILES string of the molecule is COc1cc2c(cc1Nc1ncnc3[nH]c(CCCO)cc13)C=NC2. The number of rotatable bonds is 6. The summed E-state index contributed by atoms with van der Waals surface area (Å²) in [5.74, 6) is 1.47. The first kappa shape index (κ1) is 15.6. The molecular weight excluding hydrogens is 318 g/mol. The summed E-state index contributed by atoms with van der Waals surface area (Å²) in [6, 6.07) is 6.05. The minimum Gasteiger partial charge on any atom is -0.495 e. The molecule has 0 atom stereocenters. The van der Waals surface area contributed by atoms with E-state index in [1.54, 1.807) is 7.11 Å². The number of aromatic amines is 1. The van der Waals surface area contributed by atoms with Crippen molar-refractivity contribution in [3.8, 4) is 5.75 Å². The Balaban J connectivity index is 1.71. The van der Waals surface area contributed by atoms with E-state index in [1.807, 2.05) is 24.4 Å². The number of aryl methyl sites for hydroxylation is 1. The van der Waals surface area contributed by atoms with Crippen LogP contribution in [-0.4, -0.2) is 40.0 Å². The highest BCUT2D eigenvalue weighted by Gasteiger charge is 2.15. The number of aromatic nitrogens is 3. The predicted octanol–water partition coefficient (Wildman–Crippen LogP) is 2.57. The Hall–Kier alpha value is -2.93. The van der Waals surface area contributed by atoms with Crippen molar-refractivity contribution in [3.63, 3.8) is 0 Å². The average Bonchev–Trinajstić information content (AvgIpc) is 3.25. The third-order valence-electron chi connectivity index (χ3n) is 4.29. The maximum absolute atomic E-state index is 9.01. The van der Waals surface area contributed by atoms with Crippen LogP contribution in [0.1, 0.15) is 23.2 Å². The molecule has 0 unspecified atom stereocenters. The van der Waals surface area contributed by atoms with Crippen LogP contribution in [0.4, 0.5) is 11.5 Å². The number of methoxy groups -OCH3 is 1. The quantitative estimate of drug-likeness (QED) is 0.642. The summed E-state index contributed by atoms with van der Waals surface area (Å²) in [5.41, 5.74) is 4.88. The number of aliphatic hydroxyl groups is 1. The van der Waals surface area contributed by atoms with E-state index in [-0.39, 0.29) is 6.61 Å². The van der Waals surface area contributed by atoms with E-state index in [1.165, 1.54) is 6.33 Å². The van der Waals surface area contributed by atoms with Crippen LogP contribution in [0.15, 0.2) is 29.5 Å². The summed E-state index contributed by atoms with van der Waals surface area (Å²) in [6.45, 7) is 0.857. The van der Waals surface area contributed by atoms with Gasteiger partial charge < -0.3 is 20.1 Å². The summed E-state index contributed by atoms with van der Waals surface area (Å²) in [5, 5.41) is 13.3. The third kappa shape index (κ3) is 2.94. The zero-order valence-corrected chi connectivity index (χ0v) is 13.9. The molecule has 7 nitrogen and oxygen atoms in total. The molecule has 1 aliphatic rings. The lowest BCUT2D eigenvalue weighted by Gasteiger charge is -2.13. The molecule has 2 aromatic heterocycles. The lowest BCUT2D eigenvalue weighted by atomic mass is 10.1. The Bertz CT molecular complexity index is 948. The first-order valence-electron chi connectivity index (χ1n) is 8.19. The van der Waals surface area contributed by atoms with Gasteiger partial charge in [-0.05, 0) is 42.2 Å². The van der Waals surface area contributed by atoms with E-state index >= 15 is 0 Å². The van der Waals surface area contributed by atoms with Gasteiger partial charge >= 0.3 is 0 Å². The average molecular weight is 337 g/mol. The molecule has 0 aliphatic carbocycles. The van der Waals surface area contributed by atoms with E-state index in [0.717, 1.165) is 45.7 Å². The molecule has 0 fully saturated rings. The number of fused-ring (bicyclic) bond motifs is 2. The van der Waals surface area contributed by atoms with Crippen molar-refractivity contribution < 1.29 is 9.84 Å². The standard InChI is InChI=1S/C18H19N5O2/c1-25-16-6-12-9-19-8-11(12)5-15(16)23-18-14-7-13(3-2-4-24)22-17(14)20-10-21-18/h5-8,10,24H,2-4,9H2,1H3,(H2,20,21,22,23). The summed E-state index contributed by atoms with van der Waals surface area (Å²) in [7, 11) is 1.65. The number of ether oxygens (including phenoxy) is 1. The van der Waals surface area contributed by atoms with E-state index in [9.17, 15) is 0 Å². The number of nitrogens with one attached hydrogen (secondary N) is 2. The monoisotopic (exact) mass is 337 g/mol. The second kappa shape index (κ2) is 6.52. The Morgan fingerprint density at radius 2 is 2.20 bits per heavy atom. The van der Waals surface area contributed by atoms with Crippen LogP contribution in [0.2, 0.25) is 0 Å². The molecule has 3 aromatic rings. The van der Waals surface area contributed by atoms with Gasteiger partial charge in [0.05, 0.1) is 24.7 Å². The molecule has 0 bridgehead atoms. The smallest absolute Gasteiger partial charge is 0.143 e. The van der Waals surface area contributed by atoms with Gasteiger partial charge in [0.1, 0.15) is 23.5 Å². The maximum Gasteiger partial charge on any atom is 0.143 e. The van der Waals surface area contributed by atoms with Crippen molar-refractivity contribution in [2.24, 2.45) is 4.99 Å². The molecule has 0 saturated carbocycles. The Morgan fingerprint density at radius 1 is 1.28 bits per heavy atom. The number of anilines is 2. The number of nitrogens with zero attached hydrogens (tertiary/aromatic N) is 3. The Kier molecular flexibility index (Phi) is 4.07. The van der Waals surface area contributed by atoms with Crippen LogP contribution < -0.4 is 10.1 Å². The highest BCUT2D eigenvalue weighted by Crippen LogP contribution is 2.33. The number of hydrogen-bond acceptors (Lipinski definition) is 6. The molecule has 0 radical (unpaired) electrons. The van der Waals surface area contributed by atoms with E-state index in [2.05, 4.69) is 25.3 Å². The number of benzene rings is 1. The lowest BCUT2D eigenvalue weighted by molar-refractivity contribution is 0.288. The molecule has 7 heteroatoms. The summed E-state index contributed by atoms with van der Waals surface area (Å²) in [6.07, 6.45) is 4.88. The van der Waals surface area contributed by atoms with Crippen molar-refractivity contribution in [1.29, 1.82) is 0 Å². The fourth-order valence-electron chi connectivity index (χ4n) is 3.03. The second-order valence-electron chi connectivity index (χ2n) is 5.95. The lowest BCUT2D eigenvalue weighted by Crippen LogP contribution is -2.00. The molecule has 4 rings (SSSR count). The van der Waals surface area contributed by atoms with Crippen LogP contribution in [0.25, 0.3) is 11.0 Å². The number of aliphatic imine (C=N–C) groups is 1. The fourth-order valence-corrected chi connectivity index (χ4v) is 3.03. The molecule has 3 N–H and O–H groups in total. The van der Waals surface area contributed by atoms with Crippen LogP contribution >= 0.6 is 0 Å². The maximum atomic E-state index is 9.01. The molecule has 1 aromatic carbocycles. The van der Waals surface area contributed by atoms with Crippen LogP contribution in [0.3, 0.4) is 0 Å². The van der Waals surface area contributed by atoms with Crippen LogP contribution in [0, 0.1) is 0 Å². The van der Waals surface area contributed by atoms with Gasteiger partial charge in [-0.3, -0.25) is 4.99 Å². The van der Waals surface area contributed by atoms with Gasteiger partial charge in [0, 0.05) is 18.5 Å². The topological polar surface area (TPSA) is 95.4 Å². The molecule has 0 saturated heterocycles. The highest BCUT2D eigenvalue weighted by molar-refractivity contribution is 5.92. The van der Waals surface area contributed by atoms with Crippen LogP contribution in [0.5, 0.6) is 5.75 Å². The summed E-state index contributed by atoms with van der Waals surface area (Å²) >= 11 is 0. The normalized spacial score (nSPS) is 12.6. The second-order valence-corrected chi connectivity index (χ2v) is 5.95. The van der Waals surface area contributed by atoms with Crippen molar-refractivity contribution in [3.05, 3.63) is 41.3 Å². The molecule has 128 valence electrons. The molecule has 25 heavy (non-hydrogen) atoms. The van der Waals surface area contributed by atoms with Crippen molar-refractivity contribution in [2.45, 2.75) is 19.4 Å². The largest absolute Gasteiger partial charge is 0.495 e. The minimum absolute atomic E-state index is 0.167. The van der Waals surface area contributed by atoms with Gasteiger partial charge in [0.2, 0.25) is 0 Å². The highest BCUT2D eigenvalue weighted by atomic mass is 16.5. The van der Waals surface area contributed by atoms with Gasteiger partial charge in [0.15, 0.2) is 0 Å². The number of hydrogen-bond donors (Lipinski definition) is 3. The third-order valence-corrected chi connectivity index (χ3v) is 4.29.